The van der Waals surface area contributed by atoms with Crippen molar-refractivity contribution < 1.29 is 9.21 Å². The van der Waals surface area contributed by atoms with Crippen LogP contribution in [0.15, 0.2) is 47.7 Å². The maximum atomic E-state index is 11.8. The fourth-order valence-electron chi connectivity index (χ4n) is 1.91. The van der Waals surface area contributed by atoms with Crippen LogP contribution in [0.2, 0.25) is 0 Å². The molecule has 0 aliphatic carbocycles. The molecule has 112 valence electrons. The van der Waals surface area contributed by atoms with Crippen LogP contribution in [-0.2, 0) is 6.54 Å². The molecule has 22 heavy (non-hydrogen) atoms. The Kier molecular flexibility index (Phi) is 4.15. The van der Waals surface area contributed by atoms with E-state index in [-0.39, 0.29) is 6.03 Å². The molecule has 0 unspecified atom stereocenters. The number of aryl methyl sites for hydroxylation is 1. The number of nitrogens with one attached hydrogen (secondary N) is 2. The molecule has 2 N–H and O–H groups in total. The van der Waals surface area contributed by atoms with Gasteiger partial charge in [0.15, 0.2) is 5.13 Å². The van der Waals surface area contributed by atoms with Crippen LogP contribution in [0.4, 0.5) is 9.93 Å². The van der Waals surface area contributed by atoms with Crippen molar-refractivity contribution >= 4 is 22.5 Å². The van der Waals surface area contributed by atoms with Gasteiger partial charge in [-0.25, -0.2) is 9.78 Å². The molecule has 0 aromatic carbocycles. The second-order valence-corrected chi connectivity index (χ2v) is 5.91. The van der Waals surface area contributed by atoms with Crippen molar-refractivity contribution in [3.63, 3.8) is 0 Å². The summed E-state index contributed by atoms with van der Waals surface area (Å²) in [4.78, 5) is 21.1. The first-order valence-corrected chi connectivity index (χ1v) is 7.46. The van der Waals surface area contributed by atoms with Crippen LogP contribution in [0.3, 0.4) is 0 Å². The van der Waals surface area contributed by atoms with Gasteiger partial charge >= 0.3 is 6.03 Å². The summed E-state index contributed by atoms with van der Waals surface area (Å²) >= 11 is 1.43. The zero-order chi connectivity index (χ0) is 15.4. The first-order valence-electron chi connectivity index (χ1n) is 6.64. The van der Waals surface area contributed by atoms with Crippen molar-refractivity contribution in [2.24, 2.45) is 0 Å². The highest BCUT2D eigenvalue weighted by Crippen LogP contribution is 2.19. The standard InChI is InChI=1S/C15H14N4O2S/c1-10-5-18-15(22-10)19-14(20)17-7-11-4-13(8-16-6-11)12-2-3-21-9-12/h2-6,8-9H,7H2,1H3,(H2,17,18,19,20). The molecule has 3 rings (SSSR count). The predicted molar refractivity (Wildman–Crippen MR) is 84.6 cm³/mol. The van der Waals surface area contributed by atoms with Gasteiger partial charge in [0, 0.05) is 41.1 Å². The lowest BCUT2D eigenvalue weighted by Gasteiger charge is -2.06. The van der Waals surface area contributed by atoms with Crippen molar-refractivity contribution in [3.05, 3.63) is 53.7 Å². The van der Waals surface area contributed by atoms with E-state index in [1.807, 2.05) is 19.1 Å². The van der Waals surface area contributed by atoms with Crippen LogP contribution in [0.1, 0.15) is 10.4 Å². The molecular formula is C15H14N4O2S. The minimum Gasteiger partial charge on any atom is -0.472 e. The van der Waals surface area contributed by atoms with Crippen molar-refractivity contribution in [1.29, 1.82) is 0 Å². The Hall–Kier alpha value is -2.67. The van der Waals surface area contributed by atoms with E-state index in [0.29, 0.717) is 11.7 Å². The van der Waals surface area contributed by atoms with E-state index < -0.39 is 0 Å². The number of carbonyl (C=O) groups excluding carboxylic acids is 1. The van der Waals surface area contributed by atoms with Crippen molar-refractivity contribution in [2.45, 2.75) is 13.5 Å². The highest BCUT2D eigenvalue weighted by Gasteiger charge is 2.06. The van der Waals surface area contributed by atoms with E-state index in [2.05, 4.69) is 20.6 Å². The zero-order valence-corrected chi connectivity index (χ0v) is 12.7. The van der Waals surface area contributed by atoms with E-state index in [4.69, 9.17) is 4.42 Å². The van der Waals surface area contributed by atoms with Crippen molar-refractivity contribution in [3.8, 4) is 11.1 Å². The monoisotopic (exact) mass is 314 g/mol. The lowest BCUT2D eigenvalue weighted by atomic mass is 10.1. The quantitative estimate of drug-likeness (QED) is 0.773. The third kappa shape index (κ3) is 3.50. The first kappa shape index (κ1) is 14.3. The van der Waals surface area contributed by atoms with Crippen LogP contribution in [-0.4, -0.2) is 16.0 Å². The Labute approximate surface area is 131 Å². The highest BCUT2D eigenvalue weighted by atomic mass is 32.1. The lowest BCUT2D eigenvalue weighted by molar-refractivity contribution is 0.251. The molecule has 2 amide bonds. The molecule has 0 atom stereocenters. The number of aromatic nitrogens is 2. The molecule has 6 nitrogen and oxygen atoms in total. The van der Waals surface area contributed by atoms with E-state index >= 15 is 0 Å². The first-order chi connectivity index (χ1) is 10.7. The van der Waals surface area contributed by atoms with Crippen LogP contribution < -0.4 is 10.6 Å². The third-order valence-electron chi connectivity index (χ3n) is 2.94. The number of nitrogens with zero attached hydrogens (tertiary/aromatic N) is 2. The van der Waals surface area contributed by atoms with Crippen LogP contribution in [0.25, 0.3) is 11.1 Å². The summed E-state index contributed by atoms with van der Waals surface area (Å²) in [6.07, 6.45) is 8.47. The number of amides is 2. The predicted octanol–water partition coefficient (Wildman–Crippen LogP) is 3.43. The smallest absolute Gasteiger partial charge is 0.321 e. The molecule has 0 aliphatic rings. The average Bonchev–Trinajstić information content (AvgIpc) is 3.17. The van der Waals surface area contributed by atoms with Gasteiger partial charge in [0.05, 0.1) is 12.5 Å². The second-order valence-electron chi connectivity index (χ2n) is 4.68. The Balaban J connectivity index is 1.59. The molecule has 0 radical (unpaired) electrons. The van der Waals surface area contributed by atoms with E-state index in [9.17, 15) is 4.79 Å². The highest BCUT2D eigenvalue weighted by molar-refractivity contribution is 7.15. The number of furan rings is 1. The number of hydrogen-bond donors (Lipinski definition) is 2. The van der Waals surface area contributed by atoms with Crippen molar-refractivity contribution in [2.75, 3.05) is 5.32 Å². The molecule has 7 heteroatoms. The molecule has 3 aromatic rings. The number of carbonyl (C=O) groups is 1. The number of urea groups is 1. The molecular weight excluding hydrogens is 300 g/mol. The lowest BCUT2D eigenvalue weighted by Crippen LogP contribution is -2.28. The van der Waals surface area contributed by atoms with Crippen molar-refractivity contribution in [1.82, 2.24) is 15.3 Å². The van der Waals surface area contributed by atoms with Gasteiger partial charge in [-0.15, -0.1) is 11.3 Å². The van der Waals surface area contributed by atoms with E-state index in [1.54, 1.807) is 31.1 Å². The Bertz CT molecular complexity index is 767. The SMILES string of the molecule is Cc1cnc(NC(=O)NCc2cncc(-c3ccoc3)c2)s1. The van der Waals surface area contributed by atoms with E-state index in [0.717, 1.165) is 21.6 Å². The maximum absolute atomic E-state index is 11.8. The largest absolute Gasteiger partial charge is 0.472 e. The summed E-state index contributed by atoms with van der Waals surface area (Å²) in [6.45, 7) is 2.32. The molecule has 0 bridgehead atoms. The van der Waals surface area contributed by atoms with Gasteiger partial charge in [-0.05, 0) is 24.6 Å². The van der Waals surface area contributed by atoms with Gasteiger partial charge in [-0.3, -0.25) is 10.3 Å². The number of pyridine rings is 1. The van der Waals surface area contributed by atoms with Crippen LogP contribution in [0, 0.1) is 6.92 Å². The molecule has 0 saturated carbocycles. The summed E-state index contributed by atoms with van der Waals surface area (Å²) in [5.41, 5.74) is 2.81. The van der Waals surface area contributed by atoms with Gasteiger partial charge < -0.3 is 9.73 Å². The Morgan fingerprint density at radius 3 is 2.95 bits per heavy atom. The average molecular weight is 314 g/mol. The van der Waals surface area contributed by atoms with Crippen LogP contribution >= 0.6 is 11.3 Å². The third-order valence-corrected chi connectivity index (χ3v) is 3.77. The van der Waals surface area contributed by atoms with Gasteiger partial charge in [-0.1, -0.05) is 0 Å². The molecule has 3 heterocycles. The number of thiazole rings is 1. The summed E-state index contributed by atoms with van der Waals surface area (Å²) in [7, 11) is 0. The Morgan fingerprint density at radius 2 is 2.23 bits per heavy atom. The zero-order valence-electron chi connectivity index (χ0n) is 11.9. The summed E-state index contributed by atoms with van der Waals surface area (Å²) < 4.78 is 5.06. The summed E-state index contributed by atoms with van der Waals surface area (Å²) in [5, 5.41) is 6.06. The molecule has 0 aliphatic heterocycles. The Morgan fingerprint density at radius 1 is 1.32 bits per heavy atom. The van der Waals surface area contributed by atoms with Gasteiger partial charge in [0.2, 0.25) is 0 Å². The topological polar surface area (TPSA) is 80.0 Å². The molecule has 3 aromatic heterocycles. The second kappa shape index (κ2) is 6.40. The molecule has 0 fully saturated rings. The van der Waals surface area contributed by atoms with Gasteiger partial charge in [0.25, 0.3) is 0 Å². The number of anilines is 1. The minimum atomic E-state index is -0.289. The van der Waals surface area contributed by atoms with E-state index in [1.165, 1.54) is 11.3 Å². The molecule has 0 saturated heterocycles. The van der Waals surface area contributed by atoms with Gasteiger partial charge in [-0.2, -0.15) is 0 Å². The number of hydrogen-bond acceptors (Lipinski definition) is 5. The normalized spacial score (nSPS) is 10.4. The fraction of sp³-hybridized carbons (Fsp3) is 0.133. The fourth-order valence-corrected chi connectivity index (χ4v) is 2.57. The number of rotatable bonds is 4. The summed E-state index contributed by atoms with van der Waals surface area (Å²) in [6, 6.07) is 3.54. The van der Waals surface area contributed by atoms with Crippen LogP contribution in [0.5, 0.6) is 0 Å². The molecule has 0 spiro atoms. The minimum absolute atomic E-state index is 0.289. The maximum Gasteiger partial charge on any atom is 0.321 e. The summed E-state index contributed by atoms with van der Waals surface area (Å²) in [5.74, 6) is 0. The van der Waals surface area contributed by atoms with Gasteiger partial charge in [0.1, 0.15) is 0 Å².